The van der Waals surface area contributed by atoms with Gasteiger partial charge in [0.15, 0.2) is 0 Å². The van der Waals surface area contributed by atoms with Crippen LogP contribution in [0.1, 0.15) is 23.9 Å². The Morgan fingerprint density at radius 3 is 2.47 bits per heavy atom. The van der Waals surface area contributed by atoms with Gasteiger partial charge in [-0.2, -0.15) is 10.1 Å². The Balaban J connectivity index is 1.76. The highest BCUT2D eigenvalue weighted by atomic mass is 35.5. The molecule has 0 aliphatic carbocycles. The summed E-state index contributed by atoms with van der Waals surface area (Å²) in [6.45, 7) is 5.88. The molecule has 0 N–H and O–H groups in total. The highest BCUT2D eigenvalue weighted by Crippen LogP contribution is 2.32. The minimum Gasteiger partial charge on any atom is -0.495 e. The smallest absolute Gasteiger partial charge is 0.280 e. The van der Waals surface area contributed by atoms with E-state index < -0.39 is 0 Å². The van der Waals surface area contributed by atoms with Crippen LogP contribution in [0.3, 0.4) is 0 Å². The van der Waals surface area contributed by atoms with Gasteiger partial charge in [0, 0.05) is 16.4 Å². The second-order valence-electron chi connectivity index (χ2n) is 7.17. The third-order valence-corrected chi connectivity index (χ3v) is 5.45. The molecule has 1 amide bonds. The first-order valence-electron chi connectivity index (χ1n) is 9.60. The van der Waals surface area contributed by atoms with E-state index in [-0.39, 0.29) is 5.91 Å². The van der Waals surface area contributed by atoms with Crippen molar-refractivity contribution in [3.63, 3.8) is 0 Å². The van der Waals surface area contributed by atoms with Gasteiger partial charge in [-0.05, 0) is 68.8 Å². The number of aryl methyl sites for hydroxylation is 1. The van der Waals surface area contributed by atoms with Gasteiger partial charge in [-0.3, -0.25) is 4.79 Å². The topological polar surface area (TPSA) is 46.8 Å². The van der Waals surface area contributed by atoms with E-state index in [1.165, 1.54) is 5.01 Å². The van der Waals surface area contributed by atoms with Gasteiger partial charge in [-0.15, -0.1) is 0 Å². The van der Waals surface area contributed by atoms with Gasteiger partial charge in [0.25, 0.3) is 5.91 Å². The number of hydrogen-bond acceptors (Lipinski definition) is 3. The number of halogens is 1. The molecule has 0 unspecified atom stereocenters. The van der Waals surface area contributed by atoms with Gasteiger partial charge in [-0.1, -0.05) is 29.8 Å². The Morgan fingerprint density at radius 1 is 1.03 bits per heavy atom. The summed E-state index contributed by atoms with van der Waals surface area (Å²) in [7, 11) is 1.64. The van der Waals surface area contributed by atoms with Crippen LogP contribution >= 0.6 is 11.6 Å². The maximum atomic E-state index is 13.0. The molecule has 5 nitrogen and oxygen atoms in total. The van der Waals surface area contributed by atoms with Crippen molar-refractivity contribution in [2.24, 2.45) is 5.10 Å². The molecule has 1 aliphatic rings. The molecule has 1 aromatic heterocycles. The summed E-state index contributed by atoms with van der Waals surface area (Å²) < 4.78 is 7.61. The number of benzene rings is 2. The van der Waals surface area contributed by atoms with Crippen LogP contribution < -0.4 is 9.75 Å². The standard InChI is InChI=1S/C24H22ClN3O2/c1-15-12-18(17(3)27(15)22-14-19(25)10-11-23(22)30-4)13-21-16(2)26-28(24(21)29)20-8-6-5-7-9-20/h5-14H,1-4H3/b21-13+. The zero-order valence-electron chi connectivity index (χ0n) is 17.3. The number of anilines is 1. The SMILES string of the molecule is COc1ccc(Cl)cc1-n1c(C)cc(/C=C2/C(=O)N(c3ccccc3)N=C2C)c1C. The first-order chi connectivity index (χ1) is 14.4. The normalized spacial score (nSPS) is 15.1. The first-order valence-corrected chi connectivity index (χ1v) is 9.98. The third-order valence-electron chi connectivity index (χ3n) is 5.22. The summed E-state index contributed by atoms with van der Waals surface area (Å²) in [4.78, 5) is 13.0. The van der Waals surface area contributed by atoms with Gasteiger partial charge in [0.05, 0.1) is 29.8 Å². The van der Waals surface area contributed by atoms with Gasteiger partial charge >= 0.3 is 0 Å². The van der Waals surface area contributed by atoms with E-state index in [0.29, 0.717) is 16.3 Å². The molecule has 0 bridgehead atoms. The predicted molar refractivity (Wildman–Crippen MR) is 122 cm³/mol. The molecule has 3 aromatic rings. The van der Waals surface area contributed by atoms with Crippen molar-refractivity contribution in [2.75, 3.05) is 12.1 Å². The van der Waals surface area contributed by atoms with Crippen LogP contribution in [-0.2, 0) is 4.79 Å². The van der Waals surface area contributed by atoms with Crippen LogP contribution in [-0.4, -0.2) is 23.3 Å². The Hall–Kier alpha value is -3.31. The van der Waals surface area contributed by atoms with Gasteiger partial charge in [0.1, 0.15) is 5.75 Å². The molecule has 0 atom stereocenters. The third kappa shape index (κ3) is 3.42. The van der Waals surface area contributed by atoms with Crippen molar-refractivity contribution < 1.29 is 9.53 Å². The molecule has 0 saturated heterocycles. The summed E-state index contributed by atoms with van der Waals surface area (Å²) in [5.41, 5.74) is 5.82. The lowest BCUT2D eigenvalue weighted by Gasteiger charge is -2.14. The van der Waals surface area contributed by atoms with Crippen molar-refractivity contribution in [1.82, 2.24) is 4.57 Å². The molecule has 30 heavy (non-hydrogen) atoms. The number of amides is 1. The molecule has 0 fully saturated rings. The number of carbonyl (C=O) groups is 1. The number of para-hydroxylation sites is 1. The van der Waals surface area contributed by atoms with Gasteiger partial charge < -0.3 is 9.30 Å². The number of nitrogens with zero attached hydrogens (tertiary/aromatic N) is 3. The van der Waals surface area contributed by atoms with E-state index in [1.54, 1.807) is 13.2 Å². The van der Waals surface area contributed by atoms with Crippen LogP contribution in [0.15, 0.2) is 65.3 Å². The van der Waals surface area contributed by atoms with E-state index in [9.17, 15) is 4.79 Å². The number of rotatable bonds is 4. The average Bonchev–Trinajstić information content (AvgIpc) is 3.18. The second-order valence-corrected chi connectivity index (χ2v) is 7.61. The van der Waals surface area contributed by atoms with Crippen LogP contribution in [0.2, 0.25) is 5.02 Å². The molecule has 0 spiro atoms. The molecule has 6 heteroatoms. The molecule has 2 heterocycles. The molecule has 2 aromatic carbocycles. The summed E-state index contributed by atoms with van der Waals surface area (Å²) in [6.07, 6.45) is 1.90. The Morgan fingerprint density at radius 2 is 1.77 bits per heavy atom. The van der Waals surface area contributed by atoms with Crippen LogP contribution in [0.4, 0.5) is 5.69 Å². The average molecular weight is 420 g/mol. The summed E-state index contributed by atoms with van der Waals surface area (Å²) in [6, 6.07) is 17.0. The summed E-state index contributed by atoms with van der Waals surface area (Å²) >= 11 is 6.24. The largest absolute Gasteiger partial charge is 0.495 e. The second kappa shape index (κ2) is 7.84. The van der Waals surface area contributed by atoms with Crippen molar-refractivity contribution in [1.29, 1.82) is 0 Å². The van der Waals surface area contributed by atoms with Crippen molar-refractivity contribution >= 4 is 35.0 Å². The molecule has 4 rings (SSSR count). The maximum Gasteiger partial charge on any atom is 0.280 e. The number of carbonyl (C=O) groups excluding carboxylic acids is 1. The van der Waals surface area contributed by atoms with Crippen molar-refractivity contribution in [3.05, 3.63) is 82.1 Å². The van der Waals surface area contributed by atoms with Crippen molar-refractivity contribution in [2.45, 2.75) is 20.8 Å². The van der Waals surface area contributed by atoms with E-state index in [4.69, 9.17) is 16.3 Å². The fourth-order valence-corrected chi connectivity index (χ4v) is 3.89. The summed E-state index contributed by atoms with van der Waals surface area (Å²) in [5, 5.41) is 6.54. The van der Waals surface area contributed by atoms with E-state index in [1.807, 2.05) is 69.3 Å². The lowest BCUT2D eigenvalue weighted by Crippen LogP contribution is -2.21. The first kappa shape index (κ1) is 20.0. The highest BCUT2D eigenvalue weighted by molar-refractivity contribution is 6.32. The minimum absolute atomic E-state index is 0.135. The molecule has 0 radical (unpaired) electrons. The zero-order chi connectivity index (χ0) is 21.4. The van der Waals surface area contributed by atoms with Crippen LogP contribution in [0, 0.1) is 13.8 Å². The van der Waals surface area contributed by atoms with E-state index in [2.05, 4.69) is 15.7 Å². The summed E-state index contributed by atoms with van der Waals surface area (Å²) in [5.74, 6) is 0.592. The fraction of sp³-hybridized carbons (Fsp3) is 0.167. The number of methoxy groups -OCH3 is 1. The molecule has 1 aliphatic heterocycles. The molecular formula is C24H22ClN3O2. The number of hydrogen-bond donors (Lipinski definition) is 0. The number of hydrazone groups is 1. The lowest BCUT2D eigenvalue weighted by molar-refractivity contribution is -0.114. The predicted octanol–water partition coefficient (Wildman–Crippen LogP) is 5.56. The number of ether oxygens (including phenoxy) is 1. The Bertz CT molecular complexity index is 1190. The monoisotopic (exact) mass is 419 g/mol. The molecule has 0 saturated carbocycles. The minimum atomic E-state index is -0.135. The quantitative estimate of drug-likeness (QED) is 0.519. The lowest BCUT2D eigenvalue weighted by atomic mass is 10.1. The molecule has 152 valence electrons. The molecular weight excluding hydrogens is 398 g/mol. The fourth-order valence-electron chi connectivity index (χ4n) is 3.73. The van der Waals surface area contributed by atoms with E-state index in [0.717, 1.165) is 34.1 Å². The zero-order valence-corrected chi connectivity index (χ0v) is 18.1. The Kier molecular flexibility index (Phi) is 5.22. The number of aromatic nitrogens is 1. The van der Waals surface area contributed by atoms with Gasteiger partial charge in [-0.25, -0.2) is 0 Å². The van der Waals surface area contributed by atoms with E-state index >= 15 is 0 Å². The van der Waals surface area contributed by atoms with Gasteiger partial charge in [0.2, 0.25) is 0 Å². The van der Waals surface area contributed by atoms with Crippen LogP contribution in [0.25, 0.3) is 11.8 Å². The maximum absolute atomic E-state index is 13.0. The van der Waals surface area contributed by atoms with Crippen molar-refractivity contribution in [3.8, 4) is 11.4 Å². The van der Waals surface area contributed by atoms with Crippen LogP contribution in [0.5, 0.6) is 5.75 Å². The highest BCUT2D eigenvalue weighted by Gasteiger charge is 2.29. The Labute approximate surface area is 180 Å².